The third-order valence-electron chi connectivity index (χ3n) is 5.37. The zero-order chi connectivity index (χ0) is 18.2. The highest BCUT2D eigenvalue weighted by Gasteiger charge is 2.29. The maximum absolute atomic E-state index is 12.9. The van der Waals surface area contributed by atoms with E-state index in [9.17, 15) is 4.79 Å². The zero-order valence-corrected chi connectivity index (χ0v) is 15.8. The number of fused-ring (bicyclic) bond motifs is 2. The molecule has 7 heteroatoms. The van der Waals surface area contributed by atoms with Gasteiger partial charge in [-0.2, -0.15) is 0 Å². The first-order chi connectivity index (χ1) is 13.3. The maximum atomic E-state index is 12.9. The average molecular weight is 379 g/mol. The van der Waals surface area contributed by atoms with Crippen molar-refractivity contribution in [2.45, 2.75) is 38.1 Å². The number of amides is 1. The summed E-state index contributed by atoms with van der Waals surface area (Å²) in [5, 5.41) is 3.45. The van der Waals surface area contributed by atoms with E-state index < -0.39 is 0 Å². The molecule has 4 heterocycles. The van der Waals surface area contributed by atoms with Crippen LogP contribution >= 0.6 is 11.3 Å². The normalized spacial score (nSPS) is 19.3. The number of hydrogen-bond donors (Lipinski definition) is 1. The molecule has 2 aliphatic rings. The van der Waals surface area contributed by atoms with E-state index in [1.165, 1.54) is 23.3 Å². The molecule has 6 nitrogen and oxygen atoms in total. The summed E-state index contributed by atoms with van der Waals surface area (Å²) in [5.41, 5.74) is 2.82. The number of aromatic nitrogens is 3. The van der Waals surface area contributed by atoms with Gasteiger partial charge in [-0.25, -0.2) is 9.97 Å². The van der Waals surface area contributed by atoms with E-state index in [-0.39, 0.29) is 11.9 Å². The van der Waals surface area contributed by atoms with Crippen LogP contribution in [0.25, 0.3) is 11.2 Å². The van der Waals surface area contributed by atoms with Gasteiger partial charge in [-0.15, -0.1) is 11.3 Å². The Labute approximate surface area is 161 Å². The lowest BCUT2D eigenvalue weighted by atomic mass is 9.99. The van der Waals surface area contributed by atoms with E-state index in [1.807, 2.05) is 17.0 Å². The Hall–Kier alpha value is -2.54. The largest absolute Gasteiger partial charge is 0.365 e. The molecule has 0 bridgehead atoms. The number of pyridine rings is 1. The summed E-state index contributed by atoms with van der Waals surface area (Å²) in [7, 11) is 0. The van der Waals surface area contributed by atoms with Crippen LogP contribution in [0.1, 0.15) is 39.4 Å². The van der Waals surface area contributed by atoms with Gasteiger partial charge in [0.2, 0.25) is 0 Å². The molecule has 1 amide bonds. The van der Waals surface area contributed by atoms with Crippen molar-refractivity contribution in [1.82, 2.24) is 19.9 Å². The number of likely N-dealkylation sites (tertiary alicyclic amines) is 1. The molecule has 1 unspecified atom stereocenters. The van der Waals surface area contributed by atoms with Crippen molar-refractivity contribution < 1.29 is 4.79 Å². The molecule has 5 rings (SSSR count). The van der Waals surface area contributed by atoms with Crippen molar-refractivity contribution in [1.29, 1.82) is 0 Å². The van der Waals surface area contributed by atoms with Crippen molar-refractivity contribution in [2.24, 2.45) is 0 Å². The van der Waals surface area contributed by atoms with Gasteiger partial charge in [0.25, 0.3) is 5.91 Å². The van der Waals surface area contributed by atoms with Crippen molar-refractivity contribution >= 4 is 34.2 Å². The molecule has 0 saturated carbocycles. The van der Waals surface area contributed by atoms with Crippen molar-refractivity contribution in [3.8, 4) is 0 Å². The van der Waals surface area contributed by atoms with Crippen LogP contribution in [0.3, 0.4) is 0 Å². The summed E-state index contributed by atoms with van der Waals surface area (Å²) in [4.78, 5) is 30.2. The lowest BCUT2D eigenvalue weighted by molar-refractivity contribution is 0.0796. The number of rotatable bonds is 3. The number of nitrogens with zero attached hydrogens (tertiary/aromatic N) is 4. The molecule has 1 fully saturated rings. The fourth-order valence-corrected chi connectivity index (χ4v) is 5.18. The highest BCUT2D eigenvalue weighted by Crippen LogP contribution is 2.31. The molecule has 0 aromatic carbocycles. The van der Waals surface area contributed by atoms with Gasteiger partial charge in [0.15, 0.2) is 5.65 Å². The molecule has 1 aliphatic carbocycles. The Balaban J connectivity index is 1.26. The lowest BCUT2D eigenvalue weighted by Crippen LogP contribution is -2.31. The van der Waals surface area contributed by atoms with E-state index in [0.29, 0.717) is 12.2 Å². The van der Waals surface area contributed by atoms with Gasteiger partial charge in [-0.05, 0) is 55.9 Å². The number of anilines is 1. The molecular weight excluding hydrogens is 358 g/mol. The predicted molar refractivity (Wildman–Crippen MR) is 106 cm³/mol. The van der Waals surface area contributed by atoms with Gasteiger partial charge in [-0.3, -0.25) is 9.78 Å². The van der Waals surface area contributed by atoms with E-state index in [1.54, 1.807) is 23.7 Å². The van der Waals surface area contributed by atoms with E-state index in [2.05, 4.69) is 26.3 Å². The predicted octanol–water partition coefficient (Wildman–Crippen LogP) is 3.29. The molecule has 3 aromatic rings. The molecular formula is C20H21N5OS. The van der Waals surface area contributed by atoms with E-state index >= 15 is 0 Å². The van der Waals surface area contributed by atoms with Gasteiger partial charge < -0.3 is 10.2 Å². The molecule has 0 spiro atoms. The summed E-state index contributed by atoms with van der Waals surface area (Å²) in [6, 6.07) is 6.19. The Kier molecular flexibility index (Phi) is 4.24. The zero-order valence-electron chi connectivity index (χ0n) is 15.0. The van der Waals surface area contributed by atoms with Crippen LogP contribution in [0.4, 0.5) is 5.82 Å². The summed E-state index contributed by atoms with van der Waals surface area (Å²) in [5.74, 6) is 0.963. The molecule has 1 aliphatic heterocycles. The smallest absolute Gasteiger partial charge is 0.264 e. The molecule has 1 atom stereocenters. The molecule has 1 N–H and O–H groups in total. The van der Waals surface area contributed by atoms with Crippen LogP contribution < -0.4 is 5.32 Å². The third-order valence-corrected chi connectivity index (χ3v) is 6.59. The molecule has 0 radical (unpaired) electrons. The quantitative estimate of drug-likeness (QED) is 0.756. The van der Waals surface area contributed by atoms with Crippen molar-refractivity contribution in [3.05, 3.63) is 45.9 Å². The first-order valence-corrected chi connectivity index (χ1v) is 10.3. The van der Waals surface area contributed by atoms with E-state index in [0.717, 1.165) is 42.0 Å². The SMILES string of the molecule is O=C(c1cc2c(s1)CCCC2)N1CCC(Nc2ccc3nccnc3n2)C1. The second-order valence-corrected chi connectivity index (χ2v) is 8.38. The average Bonchev–Trinajstić information content (AvgIpc) is 3.34. The number of carbonyl (C=O) groups is 1. The Morgan fingerprint density at radius 3 is 3.00 bits per heavy atom. The highest BCUT2D eigenvalue weighted by molar-refractivity contribution is 7.14. The van der Waals surface area contributed by atoms with Gasteiger partial charge in [0.05, 0.1) is 4.88 Å². The summed E-state index contributed by atoms with van der Waals surface area (Å²) >= 11 is 1.70. The lowest BCUT2D eigenvalue weighted by Gasteiger charge is -2.16. The van der Waals surface area contributed by atoms with Gasteiger partial charge >= 0.3 is 0 Å². The fraction of sp³-hybridized carbons (Fsp3) is 0.400. The number of thiophene rings is 1. The monoisotopic (exact) mass is 379 g/mol. The minimum Gasteiger partial charge on any atom is -0.365 e. The molecule has 138 valence electrons. The summed E-state index contributed by atoms with van der Waals surface area (Å²) in [6.45, 7) is 1.49. The fourth-order valence-electron chi connectivity index (χ4n) is 3.96. The van der Waals surface area contributed by atoms with Crippen LogP contribution in [-0.2, 0) is 12.8 Å². The minimum atomic E-state index is 0.177. The second-order valence-electron chi connectivity index (χ2n) is 7.24. The maximum Gasteiger partial charge on any atom is 0.264 e. The van der Waals surface area contributed by atoms with Crippen LogP contribution in [0, 0.1) is 0 Å². The van der Waals surface area contributed by atoms with Crippen LogP contribution in [-0.4, -0.2) is 44.9 Å². The molecule has 27 heavy (non-hydrogen) atoms. The first-order valence-electron chi connectivity index (χ1n) is 9.51. The topological polar surface area (TPSA) is 71.0 Å². The highest BCUT2D eigenvalue weighted by atomic mass is 32.1. The third kappa shape index (κ3) is 3.27. The second kappa shape index (κ2) is 6.88. The molecule has 1 saturated heterocycles. The standard InChI is InChI=1S/C20H21N5OS/c26-20(17-11-13-3-1-2-4-16(13)27-17)25-10-7-14(12-25)23-18-6-5-15-19(24-18)22-9-8-21-15/h5-6,8-9,11,14H,1-4,7,10,12H2,(H,22,23,24). The Morgan fingerprint density at radius 1 is 1.19 bits per heavy atom. The van der Waals surface area contributed by atoms with Gasteiger partial charge in [0, 0.05) is 36.4 Å². The van der Waals surface area contributed by atoms with Crippen molar-refractivity contribution in [2.75, 3.05) is 18.4 Å². The number of hydrogen-bond acceptors (Lipinski definition) is 6. The van der Waals surface area contributed by atoms with E-state index in [4.69, 9.17) is 0 Å². The minimum absolute atomic E-state index is 0.177. The Morgan fingerprint density at radius 2 is 2.07 bits per heavy atom. The molecule has 3 aromatic heterocycles. The number of carbonyl (C=O) groups excluding carboxylic acids is 1. The van der Waals surface area contributed by atoms with Gasteiger partial charge in [0.1, 0.15) is 11.3 Å². The van der Waals surface area contributed by atoms with Crippen LogP contribution in [0.15, 0.2) is 30.6 Å². The first kappa shape index (κ1) is 16.6. The van der Waals surface area contributed by atoms with Crippen molar-refractivity contribution in [3.63, 3.8) is 0 Å². The number of nitrogens with one attached hydrogen (secondary N) is 1. The van der Waals surface area contributed by atoms with Gasteiger partial charge in [-0.1, -0.05) is 0 Å². The Bertz CT molecular complexity index is 977. The van der Waals surface area contributed by atoms with Crippen LogP contribution in [0.2, 0.25) is 0 Å². The van der Waals surface area contributed by atoms with Crippen LogP contribution in [0.5, 0.6) is 0 Å². The summed E-state index contributed by atoms with van der Waals surface area (Å²) < 4.78 is 0. The summed E-state index contributed by atoms with van der Waals surface area (Å²) in [6.07, 6.45) is 9.00. The number of aryl methyl sites for hydroxylation is 2.